The zero-order valence-electron chi connectivity index (χ0n) is 11.8. The molecule has 1 amide bonds. The molecule has 0 bridgehead atoms. The Morgan fingerprint density at radius 1 is 1.38 bits per heavy atom. The van der Waals surface area contributed by atoms with E-state index in [4.69, 9.17) is 16.3 Å². The van der Waals surface area contributed by atoms with Gasteiger partial charge in [0.15, 0.2) is 0 Å². The normalized spacial score (nSPS) is 15.4. The first-order chi connectivity index (χ1) is 10.2. The van der Waals surface area contributed by atoms with Crippen LogP contribution in [0.1, 0.15) is 24.8 Å². The molecular formula is C15H19ClN2O3. The number of ether oxygens (including phenoxy) is 1. The number of carbonyl (C=O) groups excluding carboxylic acids is 1. The molecule has 2 rings (SSSR count). The summed E-state index contributed by atoms with van der Waals surface area (Å²) in [6.45, 7) is 2.16. The lowest BCUT2D eigenvalue weighted by molar-refractivity contribution is 0.0978. The molecule has 0 aliphatic carbocycles. The molecule has 5 nitrogen and oxygen atoms in total. The number of halogens is 1. The summed E-state index contributed by atoms with van der Waals surface area (Å²) in [6, 6.07) is 4.65. The zero-order valence-corrected chi connectivity index (χ0v) is 12.6. The lowest BCUT2D eigenvalue weighted by atomic mass is 10.1. The Balaban J connectivity index is 1.72. The standard InChI is InChI=1S/C15H19ClN2O3/c16-14-5-4-13(19)10-12(14)11-17-6-9-21-15(20)18-7-2-1-3-8-18/h4-5,10-11,19H,1-3,6-9H2. The quantitative estimate of drug-likeness (QED) is 0.686. The minimum absolute atomic E-state index is 0.136. The van der Waals surface area contributed by atoms with Crippen molar-refractivity contribution in [2.45, 2.75) is 19.3 Å². The summed E-state index contributed by atoms with van der Waals surface area (Å²) in [4.78, 5) is 17.6. The number of rotatable bonds is 4. The number of nitrogens with zero attached hydrogens (tertiary/aromatic N) is 2. The number of hydrogen-bond donors (Lipinski definition) is 1. The van der Waals surface area contributed by atoms with Gasteiger partial charge in [0.1, 0.15) is 12.4 Å². The number of aromatic hydroxyl groups is 1. The SMILES string of the molecule is O=C(OCCN=Cc1cc(O)ccc1Cl)N1CCCCC1. The van der Waals surface area contributed by atoms with Crippen LogP contribution in [-0.2, 0) is 4.74 Å². The van der Waals surface area contributed by atoms with Gasteiger partial charge < -0.3 is 14.7 Å². The minimum Gasteiger partial charge on any atom is -0.508 e. The molecule has 21 heavy (non-hydrogen) atoms. The Labute approximate surface area is 129 Å². The van der Waals surface area contributed by atoms with E-state index >= 15 is 0 Å². The van der Waals surface area contributed by atoms with Crippen LogP contribution in [0.2, 0.25) is 5.02 Å². The molecule has 6 heteroatoms. The summed E-state index contributed by atoms with van der Waals surface area (Å²) in [5, 5.41) is 9.88. The summed E-state index contributed by atoms with van der Waals surface area (Å²) < 4.78 is 5.16. The maximum atomic E-state index is 11.7. The number of benzene rings is 1. The molecule has 0 spiro atoms. The van der Waals surface area contributed by atoms with Crippen LogP contribution in [0.4, 0.5) is 4.79 Å². The predicted octanol–water partition coefficient (Wildman–Crippen LogP) is 3.09. The molecule has 1 aromatic carbocycles. The third kappa shape index (κ3) is 4.93. The number of piperidine rings is 1. The Morgan fingerprint density at radius 2 is 2.14 bits per heavy atom. The van der Waals surface area contributed by atoms with E-state index in [1.165, 1.54) is 18.6 Å². The third-order valence-electron chi connectivity index (χ3n) is 3.27. The fourth-order valence-corrected chi connectivity index (χ4v) is 2.31. The van der Waals surface area contributed by atoms with Crippen molar-refractivity contribution >= 4 is 23.9 Å². The van der Waals surface area contributed by atoms with Crippen molar-refractivity contribution < 1.29 is 14.6 Å². The van der Waals surface area contributed by atoms with Gasteiger partial charge in [-0.1, -0.05) is 11.6 Å². The first-order valence-electron chi connectivity index (χ1n) is 7.07. The Hall–Kier alpha value is -1.75. The second-order valence-electron chi connectivity index (χ2n) is 4.90. The fourth-order valence-electron chi connectivity index (χ4n) is 2.15. The highest BCUT2D eigenvalue weighted by Crippen LogP contribution is 2.19. The maximum Gasteiger partial charge on any atom is 0.409 e. The second kappa shape index (κ2) is 7.88. The van der Waals surface area contributed by atoms with Crippen molar-refractivity contribution in [3.8, 4) is 5.75 Å². The number of aliphatic imine (C=N–C) groups is 1. The Bertz CT molecular complexity index is 514. The predicted molar refractivity (Wildman–Crippen MR) is 82.3 cm³/mol. The van der Waals surface area contributed by atoms with Gasteiger partial charge in [0, 0.05) is 29.9 Å². The van der Waals surface area contributed by atoms with E-state index in [1.807, 2.05) is 0 Å². The van der Waals surface area contributed by atoms with E-state index in [2.05, 4.69) is 4.99 Å². The highest BCUT2D eigenvalue weighted by atomic mass is 35.5. The summed E-state index contributed by atoms with van der Waals surface area (Å²) in [7, 11) is 0. The topological polar surface area (TPSA) is 62.1 Å². The summed E-state index contributed by atoms with van der Waals surface area (Å²) >= 11 is 5.97. The number of hydrogen-bond acceptors (Lipinski definition) is 4. The molecule has 1 heterocycles. The molecule has 114 valence electrons. The van der Waals surface area contributed by atoms with Gasteiger partial charge in [0.2, 0.25) is 0 Å². The van der Waals surface area contributed by atoms with E-state index in [1.54, 1.807) is 17.2 Å². The number of likely N-dealkylation sites (tertiary alicyclic amines) is 1. The number of carbonyl (C=O) groups is 1. The van der Waals surface area contributed by atoms with E-state index in [-0.39, 0.29) is 18.4 Å². The van der Waals surface area contributed by atoms with Crippen molar-refractivity contribution in [2.24, 2.45) is 4.99 Å². The summed E-state index contributed by atoms with van der Waals surface area (Å²) in [5.41, 5.74) is 0.638. The van der Waals surface area contributed by atoms with Gasteiger partial charge in [-0.15, -0.1) is 0 Å². The van der Waals surface area contributed by atoms with Crippen LogP contribution >= 0.6 is 11.6 Å². The maximum absolute atomic E-state index is 11.7. The van der Waals surface area contributed by atoms with Gasteiger partial charge in [-0.3, -0.25) is 4.99 Å². The van der Waals surface area contributed by atoms with E-state index in [9.17, 15) is 9.90 Å². The lowest BCUT2D eigenvalue weighted by Crippen LogP contribution is -2.36. The van der Waals surface area contributed by atoms with Gasteiger partial charge in [0.25, 0.3) is 0 Å². The second-order valence-corrected chi connectivity index (χ2v) is 5.31. The van der Waals surface area contributed by atoms with E-state index in [0.717, 1.165) is 25.9 Å². The van der Waals surface area contributed by atoms with Crippen LogP contribution in [0, 0.1) is 0 Å². The average molecular weight is 311 g/mol. The Kier molecular flexibility index (Phi) is 5.87. The molecule has 1 N–H and O–H groups in total. The smallest absolute Gasteiger partial charge is 0.409 e. The molecule has 0 radical (unpaired) electrons. The molecule has 0 aromatic heterocycles. The molecule has 1 aliphatic rings. The first kappa shape index (κ1) is 15.6. The van der Waals surface area contributed by atoms with E-state index in [0.29, 0.717) is 17.1 Å². The van der Waals surface area contributed by atoms with Crippen LogP contribution < -0.4 is 0 Å². The molecule has 1 aromatic rings. The van der Waals surface area contributed by atoms with Crippen molar-refractivity contribution in [1.82, 2.24) is 4.90 Å². The summed E-state index contributed by atoms with van der Waals surface area (Å²) in [5.74, 6) is 0.136. The van der Waals surface area contributed by atoms with Gasteiger partial charge in [-0.2, -0.15) is 0 Å². The van der Waals surface area contributed by atoms with Gasteiger partial charge in [-0.05, 0) is 37.5 Å². The first-order valence-corrected chi connectivity index (χ1v) is 7.44. The minimum atomic E-state index is -0.264. The molecule has 1 aliphatic heterocycles. The van der Waals surface area contributed by atoms with Crippen molar-refractivity contribution in [1.29, 1.82) is 0 Å². The zero-order chi connectivity index (χ0) is 15.1. The average Bonchev–Trinajstić information content (AvgIpc) is 2.51. The number of phenols is 1. The monoisotopic (exact) mass is 310 g/mol. The molecule has 1 fully saturated rings. The van der Waals surface area contributed by atoms with Crippen LogP contribution in [0.3, 0.4) is 0 Å². The number of phenolic OH excluding ortho intramolecular Hbond substituents is 1. The largest absolute Gasteiger partial charge is 0.508 e. The Morgan fingerprint density at radius 3 is 2.90 bits per heavy atom. The van der Waals surface area contributed by atoms with Crippen LogP contribution in [0.15, 0.2) is 23.2 Å². The van der Waals surface area contributed by atoms with Crippen LogP contribution in [-0.4, -0.2) is 48.6 Å². The molecule has 0 atom stereocenters. The van der Waals surface area contributed by atoms with Crippen LogP contribution in [0.25, 0.3) is 0 Å². The van der Waals surface area contributed by atoms with Crippen molar-refractivity contribution in [3.05, 3.63) is 28.8 Å². The van der Waals surface area contributed by atoms with Gasteiger partial charge >= 0.3 is 6.09 Å². The van der Waals surface area contributed by atoms with Crippen LogP contribution in [0.5, 0.6) is 5.75 Å². The fraction of sp³-hybridized carbons (Fsp3) is 0.467. The van der Waals surface area contributed by atoms with Crippen molar-refractivity contribution in [3.63, 3.8) is 0 Å². The molecule has 1 saturated heterocycles. The summed E-state index contributed by atoms with van der Waals surface area (Å²) in [6.07, 6.45) is 4.57. The van der Waals surface area contributed by atoms with E-state index < -0.39 is 0 Å². The highest BCUT2D eigenvalue weighted by molar-refractivity contribution is 6.33. The van der Waals surface area contributed by atoms with Gasteiger partial charge in [-0.25, -0.2) is 4.79 Å². The third-order valence-corrected chi connectivity index (χ3v) is 3.61. The van der Waals surface area contributed by atoms with Gasteiger partial charge in [0.05, 0.1) is 6.54 Å². The lowest BCUT2D eigenvalue weighted by Gasteiger charge is -2.25. The highest BCUT2D eigenvalue weighted by Gasteiger charge is 2.16. The number of amides is 1. The molecule has 0 unspecified atom stereocenters. The molecular weight excluding hydrogens is 292 g/mol. The van der Waals surface area contributed by atoms with Crippen molar-refractivity contribution in [2.75, 3.05) is 26.2 Å². The molecule has 0 saturated carbocycles.